The predicted molar refractivity (Wildman–Crippen MR) is 67.3 cm³/mol. The zero-order valence-electron chi connectivity index (χ0n) is 10.7. The van der Waals surface area contributed by atoms with Crippen molar-refractivity contribution >= 4 is 0 Å². The molecule has 0 aromatic heterocycles. The van der Waals surface area contributed by atoms with E-state index in [1.807, 2.05) is 6.07 Å². The summed E-state index contributed by atoms with van der Waals surface area (Å²) in [7, 11) is 1.71. The molecule has 4 atom stereocenters. The van der Waals surface area contributed by atoms with Crippen molar-refractivity contribution in [3.63, 3.8) is 0 Å². The molecule has 1 aromatic carbocycles. The molecule has 2 nitrogen and oxygen atoms in total. The van der Waals surface area contributed by atoms with Crippen molar-refractivity contribution in [2.75, 3.05) is 7.11 Å². The van der Waals surface area contributed by atoms with Crippen LogP contribution in [0.15, 0.2) is 18.2 Å². The standard InChI is InChI=1S/C15H20O2/c1-4-15(2)13-11-8-10(17-3)6-5-9(11)7-12(13)14(15)16/h5-6,8,12-14,16H,4,7H2,1-3H3. The first-order valence-corrected chi connectivity index (χ1v) is 6.46. The number of aliphatic hydroxyl groups excluding tert-OH is 1. The van der Waals surface area contributed by atoms with E-state index in [-0.39, 0.29) is 11.5 Å². The van der Waals surface area contributed by atoms with Crippen molar-refractivity contribution in [2.45, 2.75) is 38.7 Å². The first-order valence-electron chi connectivity index (χ1n) is 6.46. The van der Waals surface area contributed by atoms with E-state index in [2.05, 4.69) is 26.0 Å². The Balaban J connectivity index is 2.03. The van der Waals surface area contributed by atoms with Gasteiger partial charge in [0.25, 0.3) is 0 Å². The Morgan fingerprint density at radius 3 is 2.88 bits per heavy atom. The zero-order chi connectivity index (χ0) is 12.2. The molecule has 0 spiro atoms. The zero-order valence-corrected chi connectivity index (χ0v) is 10.7. The molecule has 2 aliphatic carbocycles. The van der Waals surface area contributed by atoms with E-state index in [4.69, 9.17) is 4.74 Å². The van der Waals surface area contributed by atoms with Crippen LogP contribution in [-0.2, 0) is 6.42 Å². The molecule has 0 amide bonds. The van der Waals surface area contributed by atoms with Crippen LogP contribution in [0.5, 0.6) is 5.75 Å². The van der Waals surface area contributed by atoms with Gasteiger partial charge in [-0.1, -0.05) is 19.9 Å². The first-order chi connectivity index (χ1) is 8.11. The number of ether oxygens (including phenoxy) is 1. The first kappa shape index (κ1) is 11.1. The molecule has 0 heterocycles. The number of benzene rings is 1. The summed E-state index contributed by atoms with van der Waals surface area (Å²) in [6.45, 7) is 4.39. The van der Waals surface area contributed by atoms with Crippen LogP contribution in [0.25, 0.3) is 0 Å². The van der Waals surface area contributed by atoms with E-state index < -0.39 is 0 Å². The lowest BCUT2D eigenvalue weighted by Crippen LogP contribution is -2.55. The molecule has 0 radical (unpaired) electrons. The lowest BCUT2D eigenvalue weighted by Gasteiger charge is -2.55. The fraction of sp³-hybridized carbons (Fsp3) is 0.600. The maximum Gasteiger partial charge on any atom is 0.119 e. The molecule has 4 unspecified atom stereocenters. The van der Waals surface area contributed by atoms with Crippen molar-refractivity contribution in [3.8, 4) is 5.75 Å². The smallest absolute Gasteiger partial charge is 0.119 e. The Hall–Kier alpha value is -1.02. The SMILES string of the molecule is CCC1(C)C(O)C2Cc3ccc(OC)cc3C21. The average molecular weight is 232 g/mol. The molecule has 92 valence electrons. The maximum atomic E-state index is 10.3. The Morgan fingerprint density at radius 2 is 2.24 bits per heavy atom. The summed E-state index contributed by atoms with van der Waals surface area (Å²) in [6.07, 6.45) is 1.92. The topological polar surface area (TPSA) is 29.5 Å². The van der Waals surface area contributed by atoms with Crippen molar-refractivity contribution in [1.29, 1.82) is 0 Å². The lowest BCUT2D eigenvalue weighted by molar-refractivity contribution is -0.128. The summed E-state index contributed by atoms with van der Waals surface area (Å²) in [5.41, 5.74) is 2.86. The van der Waals surface area contributed by atoms with Gasteiger partial charge in [0, 0.05) is 5.41 Å². The summed E-state index contributed by atoms with van der Waals surface area (Å²) in [5, 5.41) is 10.3. The van der Waals surface area contributed by atoms with Gasteiger partial charge in [-0.25, -0.2) is 0 Å². The largest absolute Gasteiger partial charge is 0.497 e. The van der Waals surface area contributed by atoms with Crippen LogP contribution in [-0.4, -0.2) is 18.3 Å². The second-order valence-electron chi connectivity index (χ2n) is 5.71. The lowest BCUT2D eigenvalue weighted by atomic mass is 9.51. The molecular formula is C15H20O2. The highest BCUT2D eigenvalue weighted by Crippen LogP contribution is 2.63. The number of hydrogen-bond donors (Lipinski definition) is 1. The molecule has 0 bridgehead atoms. The Kier molecular flexibility index (Phi) is 2.27. The molecule has 0 saturated heterocycles. The number of methoxy groups -OCH3 is 1. The predicted octanol–water partition coefficient (Wildman–Crippen LogP) is 2.74. The minimum atomic E-state index is -0.143. The van der Waals surface area contributed by atoms with Crippen LogP contribution in [0.3, 0.4) is 0 Å². The molecule has 1 aromatic rings. The minimum Gasteiger partial charge on any atom is -0.497 e. The average Bonchev–Trinajstić information content (AvgIpc) is 2.73. The van der Waals surface area contributed by atoms with Gasteiger partial charge >= 0.3 is 0 Å². The monoisotopic (exact) mass is 232 g/mol. The van der Waals surface area contributed by atoms with Gasteiger partial charge in [-0.15, -0.1) is 0 Å². The number of aliphatic hydroxyl groups is 1. The van der Waals surface area contributed by atoms with Crippen LogP contribution in [0, 0.1) is 11.3 Å². The highest BCUT2D eigenvalue weighted by molar-refractivity contribution is 5.46. The van der Waals surface area contributed by atoms with Crippen molar-refractivity contribution in [3.05, 3.63) is 29.3 Å². The van der Waals surface area contributed by atoms with Gasteiger partial charge in [0.05, 0.1) is 13.2 Å². The fourth-order valence-corrected chi connectivity index (χ4v) is 3.90. The molecule has 1 N–H and O–H groups in total. The van der Waals surface area contributed by atoms with E-state index in [1.165, 1.54) is 11.1 Å². The minimum absolute atomic E-state index is 0.0578. The van der Waals surface area contributed by atoms with Crippen LogP contribution in [0.2, 0.25) is 0 Å². The normalized spacial score (nSPS) is 38.2. The van der Waals surface area contributed by atoms with Gasteiger partial charge in [0.1, 0.15) is 5.75 Å². The third-order valence-corrected chi connectivity index (χ3v) is 5.13. The van der Waals surface area contributed by atoms with E-state index in [0.29, 0.717) is 11.8 Å². The molecular weight excluding hydrogens is 212 g/mol. The third kappa shape index (κ3) is 1.25. The van der Waals surface area contributed by atoms with Crippen LogP contribution in [0.1, 0.15) is 37.3 Å². The molecule has 1 saturated carbocycles. The molecule has 2 heteroatoms. The van der Waals surface area contributed by atoms with Crippen molar-refractivity contribution < 1.29 is 9.84 Å². The van der Waals surface area contributed by atoms with Crippen molar-refractivity contribution in [1.82, 2.24) is 0 Å². The number of rotatable bonds is 2. The van der Waals surface area contributed by atoms with E-state index >= 15 is 0 Å². The van der Waals surface area contributed by atoms with Gasteiger partial charge in [-0.3, -0.25) is 0 Å². The Morgan fingerprint density at radius 1 is 1.47 bits per heavy atom. The summed E-state index contributed by atoms with van der Waals surface area (Å²) in [4.78, 5) is 0. The van der Waals surface area contributed by atoms with Crippen LogP contribution in [0.4, 0.5) is 0 Å². The highest BCUT2D eigenvalue weighted by atomic mass is 16.5. The number of hydrogen-bond acceptors (Lipinski definition) is 2. The third-order valence-electron chi connectivity index (χ3n) is 5.13. The summed E-state index contributed by atoms with van der Waals surface area (Å²) in [6, 6.07) is 6.36. The van der Waals surface area contributed by atoms with Gasteiger partial charge in [-0.2, -0.15) is 0 Å². The van der Waals surface area contributed by atoms with Gasteiger partial charge < -0.3 is 9.84 Å². The second-order valence-corrected chi connectivity index (χ2v) is 5.71. The van der Waals surface area contributed by atoms with Crippen molar-refractivity contribution in [2.24, 2.45) is 11.3 Å². The Labute approximate surface area is 103 Å². The van der Waals surface area contributed by atoms with E-state index in [1.54, 1.807) is 7.11 Å². The van der Waals surface area contributed by atoms with Gasteiger partial charge in [-0.05, 0) is 47.9 Å². The molecule has 3 rings (SSSR count). The number of fused-ring (bicyclic) bond motifs is 3. The molecule has 2 aliphatic rings. The summed E-state index contributed by atoms with van der Waals surface area (Å²) in [5.74, 6) is 1.89. The summed E-state index contributed by atoms with van der Waals surface area (Å²) < 4.78 is 5.31. The van der Waals surface area contributed by atoms with Gasteiger partial charge in [0.15, 0.2) is 0 Å². The van der Waals surface area contributed by atoms with E-state index in [9.17, 15) is 5.11 Å². The highest BCUT2D eigenvalue weighted by Gasteiger charge is 2.60. The molecule has 0 aliphatic heterocycles. The second kappa shape index (κ2) is 3.49. The fourth-order valence-electron chi connectivity index (χ4n) is 3.90. The quantitative estimate of drug-likeness (QED) is 0.849. The van der Waals surface area contributed by atoms with Gasteiger partial charge in [0.2, 0.25) is 0 Å². The van der Waals surface area contributed by atoms with E-state index in [0.717, 1.165) is 18.6 Å². The van der Waals surface area contributed by atoms with Crippen LogP contribution >= 0.6 is 0 Å². The van der Waals surface area contributed by atoms with Crippen LogP contribution < -0.4 is 4.74 Å². The Bertz CT molecular complexity index is 454. The summed E-state index contributed by atoms with van der Waals surface area (Å²) >= 11 is 0. The molecule has 1 fully saturated rings. The maximum absolute atomic E-state index is 10.3. The molecule has 17 heavy (non-hydrogen) atoms.